The van der Waals surface area contributed by atoms with Crippen molar-refractivity contribution in [1.29, 1.82) is 0 Å². The van der Waals surface area contributed by atoms with Gasteiger partial charge in [-0.1, -0.05) is 6.92 Å². The molecule has 1 aliphatic rings. The molecule has 0 spiro atoms. The molecule has 0 radical (unpaired) electrons. The van der Waals surface area contributed by atoms with Gasteiger partial charge in [-0.05, 0) is 51.3 Å². The summed E-state index contributed by atoms with van der Waals surface area (Å²) in [5, 5.41) is 13.7. The van der Waals surface area contributed by atoms with Crippen LogP contribution in [0.4, 0.5) is 0 Å². The highest BCUT2D eigenvalue weighted by atomic mass is 32.2. The minimum Gasteiger partial charge on any atom is -0.394 e. The Bertz CT molecular complexity index is 210. The zero-order valence-electron chi connectivity index (χ0n) is 11.9. The minimum atomic E-state index is -0.0910. The van der Waals surface area contributed by atoms with E-state index in [1.54, 1.807) is 0 Å². The van der Waals surface area contributed by atoms with Crippen LogP contribution in [0.25, 0.3) is 0 Å². The van der Waals surface area contributed by atoms with Crippen molar-refractivity contribution >= 4 is 11.8 Å². The van der Waals surface area contributed by atoms with Crippen LogP contribution in [0, 0.1) is 0 Å². The minimum absolute atomic E-state index is 0.0910. The first-order valence-corrected chi connectivity index (χ1v) is 8.30. The van der Waals surface area contributed by atoms with E-state index in [1.807, 2.05) is 0 Å². The Hall–Kier alpha value is 0.230. The van der Waals surface area contributed by atoms with Gasteiger partial charge in [0.1, 0.15) is 0 Å². The van der Waals surface area contributed by atoms with Crippen molar-refractivity contribution < 1.29 is 9.84 Å². The van der Waals surface area contributed by atoms with E-state index in [0.717, 1.165) is 37.9 Å². The van der Waals surface area contributed by atoms with Crippen molar-refractivity contribution in [2.24, 2.45) is 0 Å². The number of aliphatic hydroxyl groups excluding tert-OH is 1. The van der Waals surface area contributed by atoms with Crippen LogP contribution in [0.3, 0.4) is 0 Å². The van der Waals surface area contributed by atoms with Gasteiger partial charge in [-0.25, -0.2) is 0 Å². The third-order valence-corrected chi connectivity index (χ3v) is 5.01. The molecule has 1 fully saturated rings. The highest BCUT2D eigenvalue weighted by Crippen LogP contribution is 2.24. The molecule has 0 amide bonds. The van der Waals surface area contributed by atoms with E-state index in [-0.39, 0.29) is 12.1 Å². The summed E-state index contributed by atoms with van der Waals surface area (Å²) in [6.45, 7) is 7.38. The second kappa shape index (κ2) is 9.18. The SMILES string of the molecule is CCCNC(C)(CO)CCCSC1CCOCC1. The van der Waals surface area contributed by atoms with E-state index in [4.69, 9.17) is 4.74 Å². The zero-order valence-corrected chi connectivity index (χ0v) is 12.7. The van der Waals surface area contributed by atoms with Gasteiger partial charge in [0.15, 0.2) is 0 Å². The van der Waals surface area contributed by atoms with Crippen LogP contribution < -0.4 is 5.32 Å². The van der Waals surface area contributed by atoms with Gasteiger partial charge in [-0.2, -0.15) is 11.8 Å². The molecule has 0 aromatic carbocycles. The largest absolute Gasteiger partial charge is 0.394 e. The quantitative estimate of drug-likeness (QED) is 0.634. The summed E-state index contributed by atoms with van der Waals surface area (Å²) in [6, 6.07) is 0. The van der Waals surface area contributed by atoms with Crippen molar-refractivity contribution in [2.45, 2.75) is 56.7 Å². The molecule has 1 rings (SSSR count). The predicted octanol–water partition coefficient (Wildman–Crippen LogP) is 2.43. The van der Waals surface area contributed by atoms with Gasteiger partial charge in [0.2, 0.25) is 0 Å². The van der Waals surface area contributed by atoms with E-state index in [1.165, 1.54) is 25.0 Å². The lowest BCUT2D eigenvalue weighted by atomic mass is 9.97. The second-order valence-corrected chi connectivity index (χ2v) is 6.84. The first kappa shape index (κ1) is 16.3. The Morgan fingerprint density at radius 2 is 2.11 bits per heavy atom. The number of ether oxygens (including phenoxy) is 1. The lowest BCUT2D eigenvalue weighted by Gasteiger charge is -2.29. The molecule has 1 saturated heterocycles. The smallest absolute Gasteiger partial charge is 0.0610 e. The van der Waals surface area contributed by atoms with Gasteiger partial charge in [-0.3, -0.25) is 0 Å². The predicted molar refractivity (Wildman–Crippen MR) is 79.3 cm³/mol. The van der Waals surface area contributed by atoms with Crippen molar-refractivity contribution in [1.82, 2.24) is 5.32 Å². The molecule has 2 N–H and O–H groups in total. The molecular weight excluding hydrogens is 246 g/mol. The summed E-state index contributed by atoms with van der Waals surface area (Å²) in [7, 11) is 0. The van der Waals surface area contributed by atoms with E-state index < -0.39 is 0 Å². The van der Waals surface area contributed by atoms with Crippen molar-refractivity contribution in [3.05, 3.63) is 0 Å². The Morgan fingerprint density at radius 1 is 1.39 bits per heavy atom. The second-order valence-electron chi connectivity index (χ2n) is 5.43. The Balaban J connectivity index is 2.10. The normalized spacial score (nSPS) is 20.8. The Kier molecular flexibility index (Phi) is 8.31. The van der Waals surface area contributed by atoms with E-state index in [9.17, 15) is 5.11 Å². The Morgan fingerprint density at radius 3 is 2.72 bits per heavy atom. The van der Waals surface area contributed by atoms with Crippen molar-refractivity contribution in [2.75, 3.05) is 32.1 Å². The summed E-state index contributed by atoms with van der Waals surface area (Å²) in [5.74, 6) is 1.20. The number of rotatable bonds is 9. The van der Waals surface area contributed by atoms with Crippen LogP contribution >= 0.6 is 11.8 Å². The fraction of sp³-hybridized carbons (Fsp3) is 1.00. The third-order valence-electron chi connectivity index (χ3n) is 3.55. The van der Waals surface area contributed by atoms with Crippen LogP contribution in [-0.4, -0.2) is 48.0 Å². The van der Waals surface area contributed by atoms with E-state index in [2.05, 4.69) is 30.9 Å². The summed E-state index contributed by atoms with van der Waals surface area (Å²) in [6.07, 6.45) is 5.76. The first-order chi connectivity index (χ1) is 8.70. The average Bonchev–Trinajstić information content (AvgIpc) is 2.43. The molecule has 0 aromatic rings. The fourth-order valence-corrected chi connectivity index (χ4v) is 3.38. The molecule has 0 aliphatic carbocycles. The van der Waals surface area contributed by atoms with Gasteiger partial charge in [-0.15, -0.1) is 0 Å². The van der Waals surface area contributed by atoms with Crippen LogP contribution in [0.5, 0.6) is 0 Å². The van der Waals surface area contributed by atoms with Gasteiger partial charge >= 0.3 is 0 Å². The number of thioether (sulfide) groups is 1. The van der Waals surface area contributed by atoms with E-state index in [0.29, 0.717) is 0 Å². The van der Waals surface area contributed by atoms with Crippen molar-refractivity contribution in [3.8, 4) is 0 Å². The van der Waals surface area contributed by atoms with Crippen LogP contribution in [0.15, 0.2) is 0 Å². The van der Waals surface area contributed by atoms with Gasteiger partial charge < -0.3 is 15.2 Å². The molecule has 4 heteroatoms. The van der Waals surface area contributed by atoms with Crippen LogP contribution in [0.2, 0.25) is 0 Å². The molecule has 1 unspecified atom stereocenters. The molecular formula is C14H29NO2S. The molecule has 108 valence electrons. The maximum atomic E-state index is 9.47. The van der Waals surface area contributed by atoms with Gasteiger partial charge in [0, 0.05) is 24.0 Å². The number of aliphatic hydroxyl groups is 1. The highest BCUT2D eigenvalue weighted by Gasteiger charge is 2.22. The molecule has 18 heavy (non-hydrogen) atoms. The van der Waals surface area contributed by atoms with Crippen molar-refractivity contribution in [3.63, 3.8) is 0 Å². The molecule has 1 heterocycles. The fourth-order valence-electron chi connectivity index (χ4n) is 2.21. The zero-order chi connectivity index (χ0) is 13.3. The van der Waals surface area contributed by atoms with E-state index >= 15 is 0 Å². The highest BCUT2D eigenvalue weighted by molar-refractivity contribution is 7.99. The average molecular weight is 275 g/mol. The van der Waals surface area contributed by atoms with Gasteiger partial charge in [0.25, 0.3) is 0 Å². The van der Waals surface area contributed by atoms with Crippen LogP contribution in [-0.2, 0) is 4.74 Å². The Labute approximate surface area is 116 Å². The molecule has 1 atom stereocenters. The standard InChI is InChI=1S/C14H29NO2S/c1-3-8-15-14(2,12-16)7-4-11-18-13-5-9-17-10-6-13/h13,15-16H,3-12H2,1-2H3. The summed E-state index contributed by atoms with van der Waals surface area (Å²) >= 11 is 2.08. The first-order valence-electron chi connectivity index (χ1n) is 7.25. The summed E-state index contributed by atoms with van der Waals surface area (Å²) in [5.41, 5.74) is -0.0910. The lowest BCUT2D eigenvalue weighted by Crippen LogP contribution is -2.46. The maximum Gasteiger partial charge on any atom is 0.0610 e. The number of hydrogen-bond acceptors (Lipinski definition) is 4. The molecule has 1 aliphatic heterocycles. The number of hydrogen-bond donors (Lipinski definition) is 2. The summed E-state index contributed by atoms with van der Waals surface area (Å²) < 4.78 is 5.37. The molecule has 0 bridgehead atoms. The maximum absolute atomic E-state index is 9.47. The monoisotopic (exact) mass is 275 g/mol. The lowest BCUT2D eigenvalue weighted by molar-refractivity contribution is 0.1000. The van der Waals surface area contributed by atoms with Crippen LogP contribution in [0.1, 0.15) is 46.0 Å². The third kappa shape index (κ3) is 6.41. The van der Waals surface area contributed by atoms with Gasteiger partial charge in [0.05, 0.1) is 6.61 Å². The number of nitrogens with one attached hydrogen (secondary N) is 1. The summed E-state index contributed by atoms with van der Waals surface area (Å²) in [4.78, 5) is 0. The molecule has 0 aromatic heterocycles. The topological polar surface area (TPSA) is 41.5 Å². The molecule has 0 saturated carbocycles. The molecule has 3 nitrogen and oxygen atoms in total.